The molecule has 2 rings (SSSR count). The van der Waals surface area contributed by atoms with Crippen LogP contribution >= 0.6 is 0 Å². The van der Waals surface area contributed by atoms with Crippen LogP contribution in [0.15, 0.2) is 60.7 Å². The molecule has 110 valence electrons. The first-order chi connectivity index (χ1) is 10.1. The Morgan fingerprint density at radius 3 is 2.10 bits per heavy atom. The van der Waals surface area contributed by atoms with E-state index in [1.807, 2.05) is 62.4 Å². The normalized spacial score (nSPS) is 13.2. The first-order valence-corrected chi connectivity index (χ1v) is 7.31. The molecule has 2 aromatic rings. The summed E-state index contributed by atoms with van der Waals surface area (Å²) < 4.78 is 0. The number of benzene rings is 2. The average Bonchev–Trinajstić information content (AvgIpc) is 2.48. The molecule has 0 aliphatic heterocycles. The predicted molar refractivity (Wildman–Crippen MR) is 86.1 cm³/mol. The van der Waals surface area contributed by atoms with Gasteiger partial charge in [-0.05, 0) is 31.4 Å². The summed E-state index contributed by atoms with van der Waals surface area (Å²) >= 11 is 0. The van der Waals surface area contributed by atoms with Crippen LogP contribution in [-0.4, -0.2) is 12.1 Å². The van der Waals surface area contributed by atoms with E-state index < -0.39 is 0 Å². The number of amides is 2. The first-order valence-electron chi connectivity index (χ1n) is 7.31. The molecule has 2 atom stereocenters. The van der Waals surface area contributed by atoms with Gasteiger partial charge in [0.2, 0.25) is 0 Å². The summed E-state index contributed by atoms with van der Waals surface area (Å²) in [5.74, 6) is 0. The molecule has 0 aliphatic rings. The van der Waals surface area contributed by atoms with E-state index in [1.54, 1.807) is 0 Å². The van der Waals surface area contributed by atoms with Gasteiger partial charge in [-0.3, -0.25) is 0 Å². The van der Waals surface area contributed by atoms with E-state index in [2.05, 4.69) is 22.8 Å². The van der Waals surface area contributed by atoms with Crippen molar-refractivity contribution < 1.29 is 4.79 Å². The number of carbonyl (C=O) groups excluding carboxylic acids is 1. The molecule has 0 heterocycles. The van der Waals surface area contributed by atoms with Crippen LogP contribution in [0.25, 0.3) is 0 Å². The van der Waals surface area contributed by atoms with Crippen molar-refractivity contribution in [3.8, 4) is 0 Å². The summed E-state index contributed by atoms with van der Waals surface area (Å²) in [5.41, 5.74) is 2.32. The Balaban J connectivity index is 1.81. The molecule has 3 nitrogen and oxygen atoms in total. The van der Waals surface area contributed by atoms with E-state index in [0.717, 1.165) is 12.0 Å². The molecule has 0 aromatic heterocycles. The number of nitrogens with one attached hydrogen (secondary N) is 2. The van der Waals surface area contributed by atoms with Crippen molar-refractivity contribution in [3.05, 3.63) is 71.8 Å². The molecular weight excluding hydrogens is 260 g/mol. The number of hydrogen-bond donors (Lipinski definition) is 2. The van der Waals surface area contributed by atoms with E-state index in [1.165, 1.54) is 5.56 Å². The molecule has 0 spiro atoms. The van der Waals surface area contributed by atoms with Gasteiger partial charge in [-0.15, -0.1) is 0 Å². The highest BCUT2D eigenvalue weighted by Gasteiger charge is 2.11. The summed E-state index contributed by atoms with van der Waals surface area (Å²) in [6.07, 6.45) is 0.827. The van der Waals surface area contributed by atoms with Gasteiger partial charge in [0.15, 0.2) is 0 Å². The molecule has 21 heavy (non-hydrogen) atoms. The fourth-order valence-electron chi connectivity index (χ4n) is 2.31. The van der Waals surface area contributed by atoms with Crippen molar-refractivity contribution in [2.75, 3.05) is 0 Å². The summed E-state index contributed by atoms with van der Waals surface area (Å²) in [5, 5.41) is 5.94. The molecule has 3 heteroatoms. The lowest BCUT2D eigenvalue weighted by molar-refractivity contribution is 0.234. The molecule has 2 amide bonds. The third kappa shape index (κ3) is 4.95. The van der Waals surface area contributed by atoms with Gasteiger partial charge in [0.25, 0.3) is 0 Å². The van der Waals surface area contributed by atoms with Gasteiger partial charge in [-0.2, -0.15) is 0 Å². The number of rotatable bonds is 5. The van der Waals surface area contributed by atoms with Gasteiger partial charge >= 0.3 is 6.03 Å². The van der Waals surface area contributed by atoms with Crippen molar-refractivity contribution in [1.82, 2.24) is 10.6 Å². The van der Waals surface area contributed by atoms with Gasteiger partial charge in [0.05, 0.1) is 6.04 Å². The van der Waals surface area contributed by atoms with Crippen LogP contribution in [0.4, 0.5) is 4.79 Å². The number of urea groups is 1. The van der Waals surface area contributed by atoms with E-state index >= 15 is 0 Å². The quantitative estimate of drug-likeness (QED) is 0.863. The highest BCUT2D eigenvalue weighted by Crippen LogP contribution is 2.10. The second kappa shape index (κ2) is 7.48. The zero-order valence-electron chi connectivity index (χ0n) is 12.5. The number of carbonyl (C=O) groups is 1. The second-order valence-corrected chi connectivity index (χ2v) is 5.34. The fourth-order valence-corrected chi connectivity index (χ4v) is 2.31. The summed E-state index contributed by atoms with van der Waals surface area (Å²) in [6, 6.07) is 20.1. The van der Waals surface area contributed by atoms with E-state index in [-0.39, 0.29) is 18.1 Å². The largest absolute Gasteiger partial charge is 0.335 e. The van der Waals surface area contributed by atoms with Crippen LogP contribution < -0.4 is 10.6 Å². The summed E-state index contributed by atoms with van der Waals surface area (Å²) in [4.78, 5) is 12.0. The molecule has 0 bridgehead atoms. The Morgan fingerprint density at radius 2 is 1.48 bits per heavy atom. The van der Waals surface area contributed by atoms with Crippen LogP contribution in [0.3, 0.4) is 0 Å². The van der Waals surface area contributed by atoms with E-state index in [4.69, 9.17) is 0 Å². The third-order valence-electron chi connectivity index (χ3n) is 3.41. The van der Waals surface area contributed by atoms with Crippen LogP contribution in [0.2, 0.25) is 0 Å². The van der Waals surface area contributed by atoms with Gasteiger partial charge < -0.3 is 10.6 Å². The molecular formula is C18H22N2O. The van der Waals surface area contributed by atoms with Crippen LogP contribution in [0.1, 0.15) is 31.0 Å². The maximum atomic E-state index is 12.0. The Hall–Kier alpha value is -2.29. The maximum absolute atomic E-state index is 12.0. The summed E-state index contributed by atoms with van der Waals surface area (Å²) in [7, 11) is 0. The van der Waals surface area contributed by atoms with Gasteiger partial charge in [0, 0.05) is 6.04 Å². The van der Waals surface area contributed by atoms with E-state index in [9.17, 15) is 4.79 Å². The molecule has 0 fully saturated rings. The molecule has 2 aromatic carbocycles. The lowest BCUT2D eigenvalue weighted by Gasteiger charge is -2.18. The first kappa shape index (κ1) is 15.1. The van der Waals surface area contributed by atoms with Gasteiger partial charge in [0.1, 0.15) is 0 Å². The summed E-state index contributed by atoms with van der Waals surface area (Å²) in [6.45, 7) is 4.00. The van der Waals surface area contributed by atoms with Crippen molar-refractivity contribution >= 4 is 6.03 Å². The number of hydrogen-bond acceptors (Lipinski definition) is 1. The topological polar surface area (TPSA) is 41.1 Å². The lowest BCUT2D eigenvalue weighted by atomic mass is 10.1. The van der Waals surface area contributed by atoms with Gasteiger partial charge in [-0.25, -0.2) is 4.79 Å². The van der Waals surface area contributed by atoms with E-state index in [0.29, 0.717) is 0 Å². The van der Waals surface area contributed by atoms with Crippen molar-refractivity contribution in [2.45, 2.75) is 32.4 Å². The molecule has 0 unspecified atom stereocenters. The third-order valence-corrected chi connectivity index (χ3v) is 3.41. The van der Waals surface area contributed by atoms with Crippen LogP contribution in [0, 0.1) is 0 Å². The van der Waals surface area contributed by atoms with Crippen molar-refractivity contribution in [2.24, 2.45) is 0 Å². The van der Waals surface area contributed by atoms with Crippen LogP contribution in [0.5, 0.6) is 0 Å². The average molecular weight is 282 g/mol. The molecule has 0 saturated heterocycles. The highest BCUT2D eigenvalue weighted by atomic mass is 16.2. The Kier molecular flexibility index (Phi) is 5.38. The van der Waals surface area contributed by atoms with Crippen molar-refractivity contribution in [3.63, 3.8) is 0 Å². The zero-order valence-corrected chi connectivity index (χ0v) is 12.5. The molecule has 0 saturated carbocycles. The Bertz CT molecular complexity index is 554. The predicted octanol–water partition coefficient (Wildman–Crippen LogP) is 3.68. The van der Waals surface area contributed by atoms with Crippen LogP contribution in [-0.2, 0) is 6.42 Å². The monoisotopic (exact) mass is 282 g/mol. The molecule has 0 radical (unpaired) electrons. The Morgan fingerprint density at radius 1 is 0.905 bits per heavy atom. The minimum Gasteiger partial charge on any atom is -0.335 e. The molecule has 0 aliphatic carbocycles. The lowest BCUT2D eigenvalue weighted by Crippen LogP contribution is -2.42. The standard InChI is InChI=1S/C18H22N2O/c1-14(13-16-9-5-3-6-10-16)19-18(21)20-15(2)17-11-7-4-8-12-17/h3-12,14-15H,13H2,1-2H3,(H2,19,20,21)/t14-,15+/m1/s1. The Labute approximate surface area is 126 Å². The SMILES string of the molecule is C[C@H](Cc1ccccc1)NC(=O)N[C@@H](C)c1ccccc1. The zero-order chi connectivity index (χ0) is 15.1. The van der Waals surface area contributed by atoms with Crippen molar-refractivity contribution in [1.29, 1.82) is 0 Å². The van der Waals surface area contributed by atoms with Gasteiger partial charge in [-0.1, -0.05) is 60.7 Å². The minimum absolute atomic E-state index is 0.00451. The highest BCUT2D eigenvalue weighted by molar-refractivity contribution is 5.74. The minimum atomic E-state index is -0.130. The molecule has 2 N–H and O–H groups in total. The fraction of sp³-hybridized carbons (Fsp3) is 0.278. The second-order valence-electron chi connectivity index (χ2n) is 5.34. The smallest absolute Gasteiger partial charge is 0.315 e. The maximum Gasteiger partial charge on any atom is 0.315 e.